The highest BCUT2D eigenvalue weighted by molar-refractivity contribution is 5.96. The van der Waals surface area contributed by atoms with Gasteiger partial charge < -0.3 is 10.1 Å². The molecule has 1 aliphatic carbocycles. The summed E-state index contributed by atoms with van der Waals surface area (Å²) < 4.78 is 5.75. The first kappa shape index (κ1) is 13.6. The summed E-state index contributed by atoms with van der Waals surface area (Å²) in [4.78, 5) is 12.3. The van der Waals surface area contributed by atoms with Crippen LogP contribution >= 0.6 is 0 Å². The highest BCUT2D eigenvalue weighted by Gasteiger charge is 2.23. The maximum Gasteiger partial charge on any atom is 0.163 e. The molecule has 2 fully saturated rings. The van der Waals surface area contributed by atoms with E-state index in [1.165, 1.54) is 12.8 Å². The van der Waals surface area contributed by atoms with E-state index in [9.17, 15) is 4.79 Å². The molecule has 1 N–H and O–H groups in total. The molecule has 3 rings (SSSR count). The first-order valence-electron chi connectivity index (χ1n) is 7.82. The third-order valence-electron chi connectivity index (χ3n) is 4.22. The average Bonchev–Trinajstić information content (AvgIpc) is 3.30. The smallest absolute Gasteiger partial charge is 0.163 e. The van der Waals surface area contributed by atoms with Crippen molar-refractivity contribution in [2.45, 2.75) is 44.6 Å². The maximum atomic E-state index is 12.3. The highest BCUT2D eigenvalue weighted by Crippen LogP contribution is 2.27. The summed E-state index contributed by atoms with van der Waals surface area (Å²) in [7, 11) is 0. The van der Waals surface area contributed by atoms with E-state index in [0.717, 1.165) is 43.7 Å². The lowest BCUT2D eigenvalue weighted by Gasteiger charge is -2.22. The zero-order chi connectivity index (χ0) is 13.8. The van der Waals surface area contributed by atoms with E-state index in [1.54, 1.807) is 0 Å². The van der Waals surface area contributed by atoms with Gasteiger partial charge in [-0.05, 0) is 63.2 Å². The van der Waals surface area contributed by atoms with Crippen LogP contribution in [-0.4, -0.2) is 25.0 Å². The van der Waals surface area contributed by atoms with Crippen LogP contribution in [0.15, 0.2) is 24.3 Å². The Hall–Kier alpha value is -1.35. The Bertz CT molecular complexity index is 462. The van der Waals surface area contributed by atoms with E-state index < -0.39 is 0 Å². The Morgan fingerprint density at radius 3 is 2.75 bits per heavy atom. The van der Waals surface area contributed by atoms with Gasteiger partial charge in [-0.25, -0.2) is 0 Å². The molecule has 20 heavy (non-hydrogen) atoms. The number of piperidine rings is 1. The molecule has 1 saturated heterocycles. The molecule has 1 aromatic carbocycles. The zero-order valence-electron chi connectivity index (χ0n) is 11.9. The quantitative estimate of drug-likeness (QED) is 0.809. The van der Waals surface area contributed by atoms with E-state index in [1.807, 2.05) is 24.3 Å². The number of benzene rings is 1. The van der Waals surface area contributed by atoms with Crippen molar-refractivity contribution in [2.75, 3.05) is 13.1 Å². The van der Waals surface area contributed by atoms with Crippen LogP contribution in [0.1, 0.15) is 48.9 Å². The number of rotatable bonds is 6. The predicted molar refractivity (Wildman–Crippen MR) is 79.3 cm³/mol. The van der Waals surface area contributed by atoms with Gasteiger partial charge in [-0.3, -0.25) is 4.79 Å². The Morgan fingerprint density at radius 1 is 1.20 bits per heavy atom. The minimum atomic E-state index is 0.254. The summed E-state index contributed by atoms with van der Waals surface area (Å²) >= 11 is 0. The van der Waals surface area contributed by atoms with Crippen molar-refractivity contribution in [1.82, 2.24) is 5.32 Å². The van der Waals surface area contributed by atoms with Crippen molar-refractivity contribution in [3.63, 3.8) is 0 Å². The number of ether oxygens (including phenoxy) is 1. The van der Waals surface area contributed by atoms with Gasteiger partial charge in [0.2, 0.25) is 0 Å². The SMILES string of the molecule is O=C(CCC1CCNCC1)c1cccc(OC2CC2)c1. The minimum Gasteiger partial charge on any atom is -0.490 e. The largest absolute Gasteiger partial charge is 0.490 e. The van der Waals surface area contributed by atoms with Crippen molar-refractivity contribution in [1.29, 1.82) is 0 Å². The van der Waals surface area contributed by atoms with Crippen LogP contribution in [0, 0.1) is 5.92 Å². The zero-order valence-corrected chi connectivity index (χ0v) is 11.9. The van der Waals surface area contributed by atoms with Crippen molar-refractivity contribution < 1.29 is 9.53 Å². The van der Waals surface area contributed by atoms with Crippen molar-refractivity contribution in [2.24, 2.45) is 5.92 Å². The summed E-state index contributed by atoms with van der Waals surface area (Å²) in [5.74, 6) is 1.82. The van der Waals surface area contributed by atoms with Gasteiger partial charge in [-0.2, -0.15) is 0 Å². The van der Waals surface area contributed by atoms with Crippen LogP contribution in [0.2, 0.25) is 0 Å². The molecule has 1 saturated carbocycles. The molecular formula is C17H23NO2. The predicted octanol–water partition coefficient (Wildman–Crippen LogP) is 3.19. The fraction of sp³-hybridized carbons (Fsp3) is 0.588. The number of carbonyl (C=O) groups is 1. The molecule has 3 nitrogen and oxygen atoms in total. The second-order valence-corrected chi connectivity index (χ2v) is 6.00. The third-order valence-corrected chi connectivity index (χ3v) is 4.22. The van der Waals surface area contributed by atoms with Gasteiger partial charge in [0.15, 0.2) is 5.78 Å². The normalized spacial score (nSPS) is 19.8. The molecule has 108 valence electrons. The molecule has 1 aliphatic heterocycles. The van der Waals surface area contributed by atoms with Crippen molar-refractivity contribution in [3.8, 4) is 5.75 Å². The molecular weight excluding hydrogens is 250 g/mol. The Balaban J connectivity index is 1.52. The van der Waals surface area contributed by atoms with Gasteiger partial charge in [0.05, 0.1) is 6.10 Å². The lowest BCUT2D eigenvalue weighted by Crippen LogP contribution is -2.27. The lowest BCUT2D eigenvalue weighted by molar-refractivity contribution is 0.0970. The second kappa shape index (κ2) is 6.40. The first-order valence-corrected chi connectivity index (χ1v) is 7.82. The van der Waals surface area contributed by atoms with Crippen LogP contribution in [0.4, 0.5) is 0 Å². The molecule has 0 radical (unpaired) electrons. The number of hydrogen-bond donors (Lipinski definition) is 1. The molecule has 0 bridgehead atoms. The number of Topliss-reactive ketones (excluding diaryl/α,β-unsaturated/α-hetero) is 1. The van der Waals surface area contributed by atoms with Crippen LogP contribution in [0.3, 0.4) is 0 Å². The Labute approximate surface area is 120 Å². The summed E-state index contributed by atoms with van der Waals surface area (Å²) in [6.45, 7) is 2.20. The van der Waals surface area contributed by atoms with Crippen LogP contribution in [0.5, 0.6) is 5.75 Å². The first-order chi connectivity index (χ1) is 9.81. The fourth-order valence-corrected chi connectivity index (χ4v) is 2.77. The molecule has 0 unspecified atom stereocenters. The molecule has 2 aliphatic rings. The Morgan fingerprint density at radius 2 is 2.00 bits per heavy atom. The summed E-state index contributed by atoms with van der Waals surface area (Å²) in [6, 6.07) is 7.69. The molecule has 0 spiro atoms. The third kappa shape index (κ3) is 3.83. The highest BCUT2D eigenvalue weighted by atomic mass is 16.5. The molecule has 1 aromatic rings. The molecule has 3 heteroatoms. The molecule has 0 aromatic heterocycles. The van der Waals surface area contributed by atoms with Crippen LogP contribution in [-0.2, 0) is 0 Å². The average molecular weight is 273 g/mol. The minimum absolute atomic E-state index is 0.254. The number of nitrogens with one attached hydrogen (secondary N) is 1. The van der Waals surface area contributed by atoms with Gasteiger partial charge in [0.25, 0.3) is 0 Å². The summed E-state index contributed by atoms with van der Waals surface area (Å²) in [5.41, 5.74) is 0.803. The van der Waals surface area contributed by atoms with Gasteiger partial charge >= 0.3 is 0 Å². The standard InChI is InChI=1S/C17H23NO2/c19-17(7-4-13-8-10-18-11-9-13)14-2-1-3-16(12-14)20-15-5-6-15/h1-3,12-13,15,18H,4-11H2. The van der Waals surface area contributed by atoms with E-state index in [0.29, 0.717) is 18.4 Å². The van der Waals surface area contributed by atoms with E-state index in [2.05, 4.69) is 5.32 Å². The van der Waals surface area contributed by atoms with Crippen molar-refractivity contribution >= 4 is 5.78 Å². The van der Waals surface area contributed by atoms with Crippen LogP contribution < -0.4 is 10.1 Å². The molecule has 0 atom stereocenters. The van der Waals surface area contributed by atoms with Gasteiger partial charge in [0, 0.05) is 12.0 Å². The number of ketones is 1. The molecule has 0 amide bonds. The van der Waals surface area contributed by atoms with Gasteiger partial charge in [-0.15, -0.1) is 0 Å². The van der Waals surface area contributed by atoms with Gasteiger partial charge in [-0.1, -0.05) is 12.1 Å². The van der Waals surface area contributed by atoms with E-state index in [-0.39, 0.29) is 5.78 Å². The summed E-state index contributed by atoms with van der Waals surface area (Å²) in [6.07, 6.45) is 6.78. The second-order valence-electron chi connectivity index (χ2n) is 6.00. The topological polar surface area (TPSA) is 38.3 Å². The van der Waals surface area contributed by atoms with Crippen LogP contribution in [0.25, 0.3) is 0 Å². The lowest BCUT2D eigenvalue weighted by atomic mass is 9.91. The Kier molecular flexibility index (Phi) is 4.36. The van der Waals surface area contributed by atoms with E-state index in [4.69, 9.17) is 4.74 Å². The van der Waals surface area contributed by atoms with Crippen molar-refractivity contribution in [3.05, 3.63) is 29.8 Å². The van der Waals surface area contributed by atoms with E-state index >= 15 is 0 Å². The number of hydrogen-bond acceptors (Lipinski definition) is 3. The van der Waals surface area contributed by atoms with Gasteiger partial charge in [0.1, 0.15) is 5.75 Å². The fourth-order valence-electron chi connectivity index (χ4n) is 2.77. The monoisotopic (exact) mass is 273 g/mol. The molecule has 1 heterocycles. The maximum absolute atomic E-state index is 12.3. The number of carbonyl (C=O) groups excluding carboxylic acids is 1. The summed E-state index contributed by atoms with van der Waals surface area (Å²) in [5, 5.41) is 3.36.